The Balaban J connectivity index is 1.31. The minimum atomic E-state index is -0.0517. The molecule has 1 N–H and O–H groups in total. The lowest BCUT2D eigenvalue weighted by atomic mass is 10.1. The van der Waals surface area contributed by atoms with Crippen LogP contribution in [-0.2, 0) is 13.0 Å². The Hall–Kier alpha value is -3.06. The van der Waals surface area contributed by atoms with Crippen LogP contribution in [0.25, 0.3) is 0 Å². The molecule has 0 aliphatic carbocycles. The molecule has 7 nitrogen and oxygen atoms in total. The summed E-state index contributed by atoms with van der Waals surface area (Å²) in [6.45, 7) is 4.57. The van der Waals surface area contributed by atoms with E-state index in [1.165, 1.54) is 0 Å². The topological polar surface area (TPSA) is 68.4 Å². The van der Waals surface area contributed by atoms with Crippen molar-refractivity contribution >= 4 is 29.1 Å². The number of benzene rings is 1. The van der Waals surface area contributed by atoms with Crippen molar-refractivity contribution in [2.75, 3.05) is 47.4 Å². The number of aromatic nitrogens is 3. The van der Waals surface area contributed by atoms with E-state index in [4.69, 9.17) is 16.6 Å². The summed E-state index contributed by atoms with van der Waals surface area (Å²) in [5.41, 5.74) is 2.64. The number of anilines is 3. The maximum Gasteiger partial charge on any atom is 0.257 e. The number of H-pyrrole nitrogens is 1. The molecule has 4 heterocycles. The third-order valence-corrected chi connectivity index (χ3v) is 6.12. The first-order chi connectivity index (χ1) is 14.7. The van der Waals surface area contributed by atoms with Gasteiger partial charge >= 0.3 is 0 Å². The SMILES string of the molecule is O=c1[nH]c(N2CCN(c3ccccc3Cl)CC2)nc2c1CN(c1ccccn1)CC2. The Labute approximate surface area is 179 Å². The van der Waals surface area contributed by atoms with Gasteiger partial charge in [0.15, 0.2) is 0 Å². The van der Waals surface area contributed by atoms with E-state index < -0.39 is 0 Å². The molecule has 2 aliphatic heterocycles. The smallest absolute Gasteiger partial charge is 0.257 e. The van der Waals surface area contributed by atoms with Crippen LogP contribution in [0, 0.1) is 0 Å². The number of nitrogens with zero attached hydrogens (tertiary/aromatic N) is 5. The van der Waals surface area contributed by atoms with Crippen LogP contribution in [-0.4, -0.2) is 47.7 Å². The van der Waals surface area contributed by atoms with Crippen molar-refractivity contribution in [1.29, 1.82) is 0 Å². The monoisotopic (exact) mass is 422 g/mol. The normalized spacial score (nSPS) is 16.5. The van der Waals surface area contributed by atoms with Crippen molar-refractivity contribution in [3.63, 3.8) is 0 Å². The molecule has 0 unspecified atom stereocenters. The lowest BCUT2D eigenvalue weighted by molar-refractivity contribution is 0.628. The van der Waals surface area contributed by atoms with Crippen molar-refractivity contribution in [3.8, 4) is 0 Å². The lowest BCUT2D eigenvalue weighted by Crippen LogP contribution is -2.48. The molecule has 5 rings (SSSR count). The van der Waals surface area contributed by atoms with Crippen LogP contribution in [0.5, 0.6) is 0 Å². The zero-order valence-corrected chi connectivity index (χ0v) is 17.3. The predicted octanol–water partition coefficient (Wildman–Crippen LogP) is 2.71. The molecule has 2 aliphatic rings. The van der Waals surface area contributed by atoms with E-state index in [-0.39, 0.29) is 5.56 Å². The average Bonchev–Trinajstić information content (AvgIpc) is 2.80. The number of hydrogen-bond donors (Lipinski definition) is 1. The highest BCUT2D eigenvalue weighted by atomic mass is 35.5. The Kier molecular flexibility index (Phi) is 5.04. The van der Waals surface area contributed by atoms with Crippen LogP contribution in [0.2, 0.25) is 5.02 Å². The predicted molar refractivity (Wildman–Crippen MR) is 120 cm³/mol. The summed E-state index contributed by atoms with van der Waals surface area (Å²) in [6.07, 6.45) is 2.51. The molecule has 0 atom stereocenters. The number of piperazine rings is 1. The second-order valence-corrected chi connectivity index (χ2v) is 8.01. The van der Waals surface area contributed by atoms with E-state index in [1.807, 2.05) is 42.5 Å². The maximum absolute atomic E-state index is 12.8. The van der Waals surface area contributed by atoms with Crippen molar-refractivity contribution in [1.82, 2.24) is 15.0 Å². The number of fused-ring (bicyclic) bond motifs is 1. The Morgan fingerprint density at radius 2 is 1.67 bits per heavy atom. The van der Waals surface area contributed by atoms with E-state index in [1.54, 1.807) is 6.20 Å². The van der Waals surface area contributed by atoms with Crippen LogP contribution in [0.3, 0.4) is 0 Å². The number of hydrogen-bond acceptors (Lipinski definition) is 6. The van der Waals surface area contributed by atoms with Gasteiger partial charge in [0.25, 0.3) is 5.56 Å². The average molecular weight is 423 g/mol. The van der Waals surface area contributed by atoms with Crippen molar-refractivity contribution in [2.45, 2.75) is 13.0 Å². The third-order valence-electron chi connectivity index (χ3n) is 5.80. The van der Waals surface area contributed by atoms with E-state index >= 15 is 0 Å². The van der Waals surface area contributed by atoms with Crippen LogP contribution in [0.15, 0.2) is 53.5 Å². The van der Waals surface area contributed by atoms with Gasteiger partial charge in [-0.3, -0.25) is 9.78 Å². The van der Waals surface area contributed by atoms with Crippen molar-refractivity contribution in [2.24, 2.45) is 0 Å². The second kappa shape index (κ2) is 7.99. The summed E-state index contributed by atoms with van der Waals surface area (Å²) in [5.74, 6) is 1.56. The highest BCUT2D eigenvalue weighted by Gasteiger charge is 2.25. The van der Waals surface area contributed by atoms with Gasteiger partial charge in [-0.2, -0.15) is 0 Å². The molecule has 0 spiro atoms. The first kappa shape index (κ1) is 18.9. The molecule has 8 heteroatoms. The van der Waals surface area contributed by atoms with E-state index in [2.05, 4.69) is 24.7 Å². The minimum Gasteiger partial charge on any atom is -0.367 e. The first-order valence-electron chi connectivity index (χ1n) is 10.2. The number of halogens is 1. The van der Waals surface area contributed by atoms with E-state index in [0.29, 0.717) is 12.5 Å². The first-order valence-corrected chi connectivity index (χ1v) is 10.6. The number of aromatic amines is 1. The molecule has 30 heavy (non-hydrogen) atoms. The Bertz CT molecular complexity index is 1090. The number of nitrogens with one attached hydrogen (secondary N) is 1. The lowest BCUT2D eigenvalue weighted by Gasteiger charge is -2.37. The number of pyridine rings is 1. The van der Waals surface area contributed by atoms with Gasteiger partial charge in [0.05, 0.1) is 28.5 Å². The summed E-state index contributed by atoms with van der Waals surface area (Å²) in [4.78, 5) is 31.6. The molecule has 3 aromatic rings. The minimum absolute atomic E-state index is 0.0517. The maximum atomic E-state index is 12.8. The van der Waals surface area contributed by atoms with Gasteiger partial charge in [-0.1, -0.05) is 29.8 Å². The molecule has 1 aromatic carbocycles. The zero-order chi connectivity index (χ0) is 20.5. The van der Waals surface area contributed by atoms with Gasteiger partial charge in [0.2, 0.25) is 5.95 Å². The third kappa shape index (κ3) is 3.61. The van der Waals surface area contributed by atoms with Crippen LogP contribution >= 0.6 is 11.6 Å². The van der Waals surface area contributed by atoms with Gasteiger partial charge in [0.1, 0.15) is 5.82 Å². The molecule has 0 amide bonds. The molecule has 2 aromatic heterocycles. The van der Waals surface area contributed by atoms with E-state index in [0.717, 1.165) is 66.9 Å². The largest absolute Gasteiger partial charge is 0.367 e. The van der Waals surface area contributed by atoms with Gasteiger partial charge < -0.3 is 14.7 Å². The molecule has 1 fully saturated rings. The highest BCUT2D eigenvalue weighted by Crippen LogP contribution is 2.27. The summed E-state index contributed by atoms with van der Waals surface area (Å²) in [6, 6.07) is 13.7. The second-order valence-electron chi connectivity index (χ2n) is 7.60. The summed E-state index contributed by atoms with van der Waals surface area (Å²) >= 11 is 6.34. The molecular weight excluding hydrogens is 400 g/mol. The van der Waals surface area contributed by atoms with Gasteiger partial charge in [-0.15, -0.1) is 0 Å². The zero-order valence-electron chi connectivity index (χ0n) is 16.6. The summed E-state index contributed by atoms with van der Waals surface area (Å²) in [5, 5.41) is 0.767. The van der Waals surface area contributed by atoms with Crippen LogP contribution < -0.4 is 20.3 Å². The fourth-order valence-corrected chi connectivity index (χ4v) is 4.42. The molecule has 0 bridgehead atoms. The highest BCUT2D eigenvalue weighted by molar-refractivity contribution is 6.33. The fourth-order valence-electron chi connectivity index (χ4n) is 4.17. The summed E-state index contributed by atoms with van der Waals surface area (Å²) < 4.78 is 0. The summed E-state index contributed by atoms with van der Waals surface area (Å²) in [7, 11) is 0. The van der Waals surface area contributed by atoms with Crippen molar-refractivity contribution in [3.05, 3.63) is 75.3 Å². The molecule has 0 radical (unpaired) electrons. The van der Waals surface area contributed by atoms with Gasteiger partial charge in [-0.25, -0.2) is 9.97 Å². The number of para-hydroxylation sites is 1. The van der Waals surface area contributed by atoms with Crippen LogP contribution in [0.4, 0.5) is 17.5 Å². The number of rotatable bonds is 3. The fraction of sp³-hybridized carbons (Fsp3) is 0.318. The van der Waals surface area contributed by atoms with Gasteiger partial charge in [-0.05, 0) is 24.3 Å². The Morgan fingerprint density at radius 3 is 2.43 bits per heavy atom. The standard InChI is InChI=1S/C22H23ClN6O/c23-17-5-1-2-6-19(17)27-11-13-28(14-12-27)22-25-18-8-10-29(15-16(18)21(30)26-22)20-7-3-4-9-24-20/h1-7,9H,8,10-15H2,(H,25,26,30). The molecular formula is C22H23ClN6O. The van der Waals surface area contributed by atoms with Crippen LogP contribution in [0.1, 0.15) is 11.3 Å². The Morgan fingerprint density at radius 1 is 0.900 bits per heavy atom. The van der Waals surface area contributed by atoms with E-state index in [9.17, 15) is 4.79 Å². The molecule has 154 valence electrons. The van der Waals surface area contributed by atoms with Gasteiger partial charge in [0, 0.05) is 45.3 Å². The molecule has 0 saturated carbocycles. The molecule has 1 saturated heterocycles. The quantitative estimate of drug-likeness (QED) is 0.700. The van der Waals surface area contributed by atoms with Crippen molar-refractivity contribution < 1.29 is 0 Å².